The summed E-state index contributed by atoms with van der Waals surface area (Å²) in [6.45, 7) is 1.67. The molecule has 6 nitrogen and oxygen atoms in total. The molecule has 2 saturated heterocycles. The first kappa shape index (κ1) is 15.8. The minimum atomic E-state index is -3.77. The number of hydrogen-bond acceptors (Lipinski definition) is 5. The van der Waals surface area contributed by atoms with Crippen LogP contribution < -0.4 is 5.73 Å². The molecule has 0 saturated carbocycles. The summed E-state index contributed by atoms with van der Waals surface area (Å²) < 4.78 is 51.5. The van der Waals surface area contributed by atoms with Crippen LogP contribution in [-0.4, -0.2) is 44.8 Å². The fraction of sp³-hybridized carbons (Fsp3) is 0.571. The van der Waals surface area contributed by atoms with Crippen LogP contribution in [0, 0.1) is 5.82 Å². The molecule has 0 aliphatic carbocycles. The predicted molar refractivity (Wildman–Crippen MR) is 76.9 cm³/mol. The molecule has 0 unspecified atom stereocenters. The van der Waals surface area contributed by atoms with Crippen molar-refractivity contribution in [2.75, 3.05) is 26.3 Å². The number of nitrogens with two attached hydrogens (primary N) is 1. The highest BCUT2D eigenvalue weighted by Crippen LogP contribution is 2.34. The lowest BCUT2D eigenvalue weighted by atomic mass is 10.1. The second-order valence-electron chi connectivity index (χ2n) is 5.47. The Morgan fingerprint density at radius 3 is 2.45 bits per heavy atom. The Morgan fingerprint density at radius 1 is 1.23 bits per heavy atom. The van der Waals surface area contributed by atoms with Crippen molar-refractivity contribution in [1.29, 1.82) is 0 Å². The lowest BCUT2D eigenvalue weighted by molar-refractivity contribution is -0.179. The number of benzene rings is 1. The smallest absolute Gasteiger partial charge is 0.243 e. The molecule has 1 aromatic rings. The van der Waals surface area contributed by atoms with Gasteiger partial charge >= 0.3 is 0 Å². The number of hydrogen-bond donors (Lipinski definition) is 1. The Balaban J connectivity index is 1.84. The molecule has 2 N–H and O–H groups in total. The van der Waals surface area contributed by atoms with E-state index in [9.17, 15) is 12.8 Å². The highest BCUT2D eigenvalue weighted by molar-refractivity contribution is 7.89. The molecule has 122 valence electrons. The first-order valence-corrected chi connectivity index (χ1v) is 8.67. The number of sulfonamides is 1. The molecular weight excluding hydrogens is 311 g/mol. The van der Waals surface area contributed by atoms with E-state index in [4.69, 9.17) is 15.2 Å². The van der Waals surface area contributed by atoms with Crippen LogP contribution in [0.3, 0.4) is 0 Å². The molecule has 2 fully saturated rings. The summed E-state index contributed by atoms with van der Waals surface area (Å²) in [6.07, 6.45) is 0.943. The SMILES string of the molecule is NCc1ccc(F)cc1S(=O)(=O)N1CCC2(CC1)OCCO2. The second kappa shape index (κ2) is 5.86. The molecule has 2 heterocycles. The van der Waals surface area contributed by atoms with Crippen LogP contribution in [0.2, 0.25) is 0 Å². The van der Waals surface area contributed by atoms with Crippen molar-refractivity contribution in [2.24, 2.45) is 5.73 Å². The van der Waals surface area contributed by atoms with E-state index in [1.807, 2.05) is 0 Å². The average molecular weight is 330 g/mol. The van der Waals surface area contributed by atoms with E-state index in [1.54, 1.807) is 0 Å². The van der Waals surface area contributed by atoms with Crippen molar-refractivity contribution in [3.63, 3.8) is 0 Å². The van der Waals surface area contributed by atoms with Gasteiger partial charge in [0, 0.05) is 32.5 Å². The van der Waals surface area contributed by atoms with Crippen molar-refractivity contribution in [3.05, 3.63) is 29.6 Å². The fourth-order valence-electron chi connectivity index (χ4n) is 2.93. The second-order valence-corrected chi connectivity index (χ2v) is 7.37. The molecule has 2 aliphatic heterocycles. The fourth-order valence-corrected chi connectivity index (χ4v) is 4.61. The van der Waals surface area contributed by atoms with Crippen LogP contribution in [0.25, 0.3) is 0 Å². The van der Waals surface area contributed by atoms with Crippen molar-refractivity contribution >= 4 is 10.0 Å². The molecule has 0 bridgehead atoms. The van der Waals surface area contributed by atoms with Crippen LogP contribution >= 0.6 is 0 Å². The van der Waals surface area contributed by atoms with Crippen LogP contribution in [0.1, 0.15) is 18.4 Å². The highest BCUT2D eigenvalue weighted by Gasteiger charge is 2.43. The zero-order valence-corrected chi connectivity index (χ0v) is 12.9. The molecule has 8 heteroatoms. The highest BCUT2D eigenvalue weighted by atomic mass is 32.2. The van der Waals surface area contributed by atoms with E-state index < -0.39 is 21.6 Å². The van der Waals surface area contributed by atoms with E-state index in [0.29, 0.717) is 31.6 Å². The molecule has 0 atom stereocenters. The van der Waals surface area contributed by atoms with Gasteiger partial charge in [-0.15, -0.1) is 0 Å². The van der Waals surface area contributed by atoms with Crippen LogP contribution in [-0.2, 0) is 26.0 Å². The summed E-state index contributed by atoms with van der Waals surface area (Å²) in [6, 6.07) is 3.66. The molecule has 0 radical (unpaired) electrons. The van der Waals surface area contributed by atoms with Crippen molar-refractivity contribution in [2.45, 2.75) is 30.1 Å². The van der Waals surface area contributed by atoms with Gasteiger partial charge in [0.05, 0.1) is 18.1 Å². The third kappa shape index (κ3) is 2.77. The largest absolute Gasteiger partial charge is 0.347 e. The summed E-state index contributed by atoms with van der Waals surface area (Å²) in [7, 11) is -3.77. The monoisotopic (exact) mass is 330 g/mol. The summed E-state index contributed by atoms with van der Waals surface area (Å²) in [4.78, 5) is -0.0563. The Kier molecular flexibility index (Phi) is 4.21. The summed E-state index contributed by atoms with van der Waals surface area (Å²) in [5, 5.41) is 0. The number of halogens is 1. The van der Waals surface area contributed by atoms with Gasteiger partial charge < -0.3 is 15.2 Å². The number of ether oxygens (including phenoxy) is 2. The maximum absolute atomic E-state index is 13.5. The molecule has 1 aromatic carbocycles. The van der Waals surface area contributed by atoms with Gasteiger partial charge in [-0.2, -0.15) is 4.31 Å². The lowest BCUT2D eigenvalue weighted by Crippen LogP contribution is -2.47. The van der Waals surface area contributed by atoms with Gasteiger partial charge in [0.25, 0.3) is 0 Å². The van der Waals surface area contributed by atoms with Gasteiger partial charge in [0.1, 0.15) is 5.82 Å². The van der Waals surface area contributed by atoms with Gasteiger partial charge in [0.2, 0.25) is 10.0 Å². The minimum Gasteiger partial charge on any atom is -0.347 e. The minimum absolute atomic E-state index is 0.0405. The Bertz CT molecular complexity index is 649. The van der Waals surface area contributed by atoms with Gasteiger partial charge in [-0.25, -0.2) is 12.8 Å². The quantitative estimate of drug-likeness (QED) is 0.887. The van der Waals surface area contributed by atoms with Crippen molar-refractivity contribution in [3.8, 4) is 0 Å². The van der Waals surface area contributed by atoms with Crippen LogP contribution in [0.15, 0.2) is 23.1 Å². The Labute approximate surface area is 129 Å². The molecule has 0 aromatic heterocycles. The standard InChI is InChI=1S/C14H19FN2O4S/c15-12-2-1-11(10-16)13(9-12)22(18,19)17-5-3-14(4-6-17)20-7-8-21-14/h1-2,9H,3-8,10,16H2. The third-order valence-electron chi connectivity index (χ3n) is 4.16. The van der Waals surface area contributed by atoms with Crippen molar-refractivity contribution < 1.29 is 22.3 Å². The zero-order chi connectivity index (χ0) is 15.8. The lowest BCUT2D eigenvalue weighted by Gasteiger charge is -2.37. The summed E-state index contributed by atoms with van der Waals surface area (Å²) >= 11 is 0. The average Bonchev–Trinajstić information content (AvgIpc) is 2.96. The van der Waals surface area contributed by atoms with Gasteiger partial charge in [-0.05, 0) is 17.7 Å². The normalized spacial score (nSPS) is 22.3. The number of rotatable bonds is 3. The van der Waals surface area contributed by atoms with E-state index in [2.05, 4.69) is 0 Å². The molecule has 1 spiro atoms. The topological polar surface area (TPSA) is 81.9 Å². The van der Waals surface area contributed by atoms with Gasteiger partial charge in [0.15, 0.2) is 5.79 Å². The zero-order valence-electron chi connectivity index (χ0n) is 12.1. The molecule has 3 rings (SSSR count). The maximum atomic E-state index is 13.5. The number of nitrogens with zero attached hydrogens (tertiary/aromatic N) is 1. The molecule has 0 amide bonds. The van der Waals surface area contributed by atoms with E-state index >= 15 is 0 Å². The third-order valence-corrected chi connectivity index (χ3v) is 6.15. The first-order valence-electron chi connectivity index (χ1n) is 7.23. The predicted octanol–water partition coefficient (Wildman–Crippen LogP) is 0.812. The Morgan fingerprint density at radius 2 is 1.86 bits per heavy atom. The van der Waals surface area contributed by atoms with E-state index in [-0.39, 0.29) is 24.5 Å². The molecule has 22 heavy (non-hydrogen) atoms. The van der Waals surface area contributed by atoms with E-state index in [1.165, 1.54) is 16.4 Å². The van der Waals surface area contributed by atoms with Crippen LogP contribution in [0.5, 0.6) is 0 Å². The maximum Gasteiger partial charge on any atom is 0.243 e. The van der Waals surface area contributed by atoms with E-state index in [0.717, 1.165) is 6.07 Å². The summed E-state index contributed by atoms with van der Waals surface area (Å²) in [5.41, 5.74) is 5.99. The molecule has 2 aliphatic rings. The van der Waals surface area contributed by atoms with Gasteiger partial charge in [-0.3, -0.25) is 0 Å². The number of piperidine rings is 1. The van der Waals surface area contributed by atoms with Crippen molar-refractivity contribution in [1.82, 2.24) is 4.31 Å². The Hall–Kier alpha value is -1.06. The van der Waals surface area contributed by atoms with Crippen LogP contribution in [0.4, 0.5) is 4.39 Å². The summed E-state index contributed by atoms with van der Waals surface area (Å²) in [5.74, 6) is -1.24. The first-order chi connectivity index (χ1) is 10.5. The molecular formula is C14H19FN2O4S. The van der Waals surface area contributed by atoms with Gasteiger partial charge in [-0.1, -0.05) is 6.07 Å².